The molecule has 0 aliphatic carbocycles. The lowest BCUT2D eigenvalue weighted by atomic mass is 10.1. The molecule has 25 heavy (non-hydrogen) atoms. The van der Waals surface area contributed by atoms with Crippen molar-refractivity contribution < 1.29 is 19.4 Å². The highest BCUT2D eigenvalue weighted by Gasteiger charge is 2.26. The topological polar surface area (TPSA) is 79.2 Å². The van der Waals surface area contributed by atoms with Crippen LogP contribution in [0.1, 0.15) is 31.7 Å². The van der Waals surface area contributed by atoms with Gasteiger partial charge in [-0.3, -0.25) is 4.79 Å². The maximum atomic E-state index is 12.2. The molecular weight excluding hydrogens is 340 g/mol. The molecule has 1 N–H and O–H groups in total. The summed E-state index contributed by atoms with van der Waals surface area (Å²) in [5.41, 5.74) is 0.779. The van der Waals surface area contributed by atoms with E-state index < -0.39 is 12.1 Å². The van der Waals surface area contributed by atoms with Gasteiger partial charge in [0.2, 0.25) is 0 Å². The van der Waals surface area contributed by atoms with Crippen LogP contribution < -0.4 is 4.74 Å². The first-order chi connectivity index (χ1) is 12.0. The van der Waals surface area contributed by atoms with Crippen LogP contribution in [-0.4, -0.2) is 46.2 Å². The molecule has 0 spiro atoms. The summed E-state index contributed by atoms with van der Waals surface area (Å²) in [6.45, 7) is 3.37. The molecular formula is C18H20N2O4S. The lowest BCUT2D eigenvalue weighted by molar-refractivity contribution is -0.144. The molecule has 0 bridgehead atoms. The largest absolute Gasteiger partial charge is 0.479 e. The predicted molar refractivity (Wildman–Crippen MR) is 97.6 cm³/mol. The maximum absolute atomic E-state index is 12.2. The first-order valence-electron chi connectivity index (χ1n) is 8.30. The van der Waals surface area contributed by atoms with Crippen molar-refractivity contribution in [1.29, 1.82) is 0 Å². The van der Waals surface area contributed by atoms with Crippen molar-refractivity contribution in [2.24, 2.45) is 4.99 Å². The number of likely N-dealkylation sites (tertiary alicyclic amines) is 1. The Morgan fingerprint density at radius 2 is 2.12 bits per heavy atom. The number of carboxylic acids is 1. The number of nitrogens with zero attached hydrogens (tertiary/aromatic N) is 2. The summed E-state index contributed by atoms with van der Waals surface area (Å²) in [4.78, 5) is 30.0. The maximum Gasteiger partial charge on any atom is 0.344 e. The summed E-state index contributed by atoms with van der Waals surface area (Å²) in [5, 5.41) is 9.71. The van der Waals surface area contributed by atoms with E-state index in [1.807, 2.05) is 6.07 Å². The van der Waals surface area contributed by atoms with Gasteiger partial charge in [-0.25, -0.2) is 4.79 Å². The molecule has 1 atom stereocenters. The number of amides is 1. The summed E-state index contributed by atoms with van der Waals surface area (Å²) in [6, 6.07) is 7.03. The van der Waals surface area contributed by atoms with Gasteiger partial charge < -0.3 is 14.7 Å². The van der Waals surface area contributed by atoms with Crippen LogP contribution in [0.2, 0.25) is 0 Å². The second-order valence-electron chi connectivity index (χ2n) is 6.03. The molecule has 1 aromatic rings. The van der Waals surface area contributed by atoms with E-state index in [9.17, 15) is 9.59 Å². The van der Waals surface area contributed by atoms with Crippen LogP contribution in [0.3, 0.4) is 0 Å². The van der Waals surface area contributed by atoms with E-state index in [4.69, 9.17) is 9.84 Å². The van der Waals surface area contributed by atoms with Crippen molar-refractivity contribution in [3.05, 3.63) is 34.7 Å². The molecule has 132 valence electrons. The molecule has 7 heteroatoms. The minimum atomic E-state index is -1.02. The molecule has 3 rings (SSSR count). The Morgan fingerprint density at radius 3 is 2.84 bits per heavy atom. The van der Waals surface area contributed by atoms with Crippen molar-refractivity contribution >= 4 is 34.9 Å². The number of aliphatic imine (C=N–C) groups is 1. The number of hydrogen-bond acceptors (Lipinski definition) is 5. The van der Waals surface area contributed by atoms with Gasteiger partial charge >= 0.3 is 5.97 Å². The van der Waals surface area contributed by atoms with Crippen LogP contribution in [0.15, 0.2) is 34.2 Å². The summed E-state index contributed by atoms with van der Waals surface area (Å²) in [7, 11) is 0. The van der Waals surface area contributed by atoms with Crippen LogP contribution in [-0.2, 0) is 9.59 Å². The molecule has 2 heterocycles. The number of piperidine rings is 1. The van der Waals surface area contributed by atoms with Gasteiger partial charge in [0.1, 0.15) is 5.75 Å². The fourth-order valence-corrected chi connectivity index (χ4v) is 3.67. The zero-order valence-corrected chi connectivity index (χ0v) is 14.8. The Hall–Kier alpha value is -2.28. The van der Waals surface area contributed by atoms with Gasteiger partial charge in [0.15, 0.2) is 11.3 Å². The van der Waals surface area contributed by atoms with Crippen LogP contribution in [0, 0.1) is 0 Å². The normalized spacial score (nSPS) is 20.5. The van der Waals surface area contributed by atoms with E-state index in [2.05, 4.69) is 9.89 Å². The van der Waals surface area contributed by atoms with Crippen LogP contribution in [0.25, 0.3) is 6.08 Å². The molecule has 1 fully saturated rings. The summed E-state index contributed by atoms with van der Waals surface area (Å²) in [6.07, 6.45) is 4.33. The SMILES string of the molecule is C[C@H](Oc1cccc(/C=C2\SC(N3CCCCC3)=NC2=O)c1)C(=O)O. The molecule has 1 amide bonds. The van der Waals surface area contributed by atoms with Crippen molar-refractivity contribution in [2.45, 2.75) is 32.3 Å². The van der Waals surface area contributed by atoms with Gasteiger partial charge in [-0.05, 0) is 61.7 Å². The fourth-order valence-electron chi connectivity index (χ4n) is 2.70. The molecule has 0 aromatic heterocycles. The Bertz CT molecular complexity index is 738. The number of aliphatic carboxylic acids is 1. The highest BCUT2D eigenvalue weighted by atomic mass is 32.2. The fraction of sp³-hybridized carbons (Fsp3) is 0.389. The Kier molecular flexibility index (Phi) is 5.43. The van der Waals surface area contributed by atoms with Gasteiger partial charge in [-0.15, -0.1) is 0 Å². The quantitative estimate of drug-likeness (QED) is 0.832. The molecule has 2 aliphatic heterocycles. The third kappa shape index (κ3) is 4.42. The third-order valence-corrected chi connectivity index (χ3v) is 5.10. The lowest BCUT2D eigenvalue weighted by Crippen LogP contribution is -2.33. The number of carboxylic acid groups (broad SMARTS) is 1. The van der Waals surface area contributed by atoms with Crippen LogP contribution in [0.5, 0.6) is 5.75 Å². The first-order valence-corrected chi connectivity index (χ1v) is 9.11. The Balaban J connectivity index is 1.71. The zero-order chi connectivity index (χ0) is 17.8. The molecule has 0 saturated carbocycles. The number of benzene rings is 1. The smallest absolute Gasteiger partial charge is 0.344 e. The number of carbonyl (C=O) groups excluding carboxylic acids is 1. The summed E-state index contributed by atoms with van der Waals surface area (Å²) < 4.78 is 5.37. The number of rotatable bonds is 4. The minimum Gasteiger partial charge on any atom is -0.479 e. The second-order valence-corrected chi connectivity index (χ2v) is 7.04. The van der Waals surface area contributed by atoms with Crippen molar-refractivity contribution in [3.63, 3.8) is 0 Å². The monoisotopic (exact) mass is 360 g/mol. The lowest BCUT2D eigenvalue weighted by Gasteiger charge is -2.27. The van der Waals surface area contributed by atoms with E-state index in [-0.39, 0.29) is 5.91 Å². The van der Waals surface area contributed by atoms with Gasteiger partial charge in [-0.2, -0.15) is 4.99 Å². The van der Waals surface area contributed by atoms with Crippen molar-refractivity contribution in [1.82, 2.24) is 4.90 Å². The summed E-state index contributed by atoms with van der Waals surface area (Å²) >= 11 is 1.40. The van der Waals surface area contributed by atoms with E-state index in [1.54, 1.807) is 24.3 Å². The highest BCUT2D eigenvalue weighted by molar-refractivity contribution is 8.18. The molecule has 2 aliphatic rings. The molecule has 1 aromatic carbocycles. The van der Waals surface area contributed by atoms with Gasteiger partial charge in [0.25, 0.3) is 5.91 Å². The number of amidine groups is 1. The number of carbonyl (C=O) groups is 2. The van der Waals surface area contributed by atoms with Gasteiger partial charge in [-0.1, -0.05) is 12.1 Å². The van der Waals surface area contributed by atoms with Crippen molar-refractivity contribution in [3.8, 4) is 5.75 Å². The average Bonchev–Trinajstić information content (AvgIpc) is 2.96. The highest BCUT2D eigenvalue weighted by Crippen LogP contribution is 2.31. The number of ether oxygens (including phenoxy) is 1. The van der Waals surface area contributed by atoms with Gasteiger partial charge in [0, 0.05) is 13.1 Å². The predicted octanol–water partition coefficient (Wildman–Crippen LogP) is 2.99. The van der Waals surface area contributed by atoms with E-state index in [0.717, 1.165) is 36.7 Å². The van der Waals surface area contributed by atoms with Crippen molar-refractivity contribution in [2.75, 3.05) is 13.1 Å². The third-order valence-electron chi connectivity index (χ3n) is 4.05. The van der Waals surface area contributed by atoms with E-state index >= 15 is 0 Å². The standard InChI is InChI=1S/C18H20N2O4S/c1-12(17(22)23)24-14-7-5-6-13(10-14)11-15-16(21)19-18(25-15)20-8-3-2-4-9-20/h5-7,10-12H,2-4,8-9H2,1H3,(H,22,23)/b15-11-/t12-/m0/s1. The molecule has 1 saturated heterocycles. The summed E-state index contributed by atoms with van der Waals surface area (Å²) in [5.74, 6) is -0.794. The number of thioether (sulfide) groups is 1. The van der Waals surface area contributed by atoms with Gasteiger partial charge in [0.05, 0.1) is 4.91 Å². The Labute approximate surface area is 150 Å². The second kappa shape index (κ2) is 7.74. The molecule has 6 nitrogen and oxygen atoms in total. The molecule has 0 radical (unpaired) electrons. The molecule has 0 unspecified atom stereocenters. The average molecular weight is 360 g/mol. The minimum absolute atomic E-state index is 0.226. The van der Waals surface area contributed by atoms with E-state index in [1.165, 1.54) is 25.1 Å². The zero-order valence-electron chi connectivity index (χ0n) is 14.0. The Morgan fingerprint density at radius 1 is 1.36 bits per heavy atom. The van der Waals surface area contributed by atoms with E-state index in [0.29, 0.717) is 10.7 Å². The van der Waals surface area contributed by atoms with Crippen LogP contribution >= 0.6 is 11.8 Å². The number of hydrogen-bond donors (Lipinski definition) is 1. The van der Waals surface area contributed by atoms with Crippen LogP contribution in [0.4, 0.5) is 0 Å². The first kappa shape index (κ1) is 17.5.